The minimum absolute atomic E-state index is 0.0909. The van der Waals surface area contributed by atoms with Crippen LogP contribution in [0.2, 0.25) is 0 Å². The highest BCUT2D eigenvalue weighted by Gasteiger charge is 2.25. The predicted octanol–water partition coefficient (Wildman–Crippen LogP) is 3.81. The number of nitrogens with one attached hydrogen (secondary N) is 2. The van der Waals surface area contributed by atoms with E-state index in [1.807, 2.05) is 23.9 Å². The van der Waals surface area contributed by atoms with Gasteiger partial charge in [-0.3, -0.25) is 15.0 Å². The summed E-state index contributed by atoms with van der Waals surface area (Å²) in [5.41, 5.74) is 1.02. The minimum atomic E-state index is -0.388. The molecule has 0 bridgehead atoms. The predicted molar refractivity (Wildman–Crippen MR) is 125 cm³/mol. The van der Waals surface area contributed by atoms with Crippen LogP contribution in [-0.4, -0.2) is 54.0 Å². The first-order valence-corrected chi connectivity index (χ1v) is 12.1. The topological polar surface area (TPSA) is 95.9 Å². The molecule has 1 aromatic heterocycles. The largest absolute Gasteiger partial charge is 0.468 e. The van der Waals surface area contributed by atoms with Crippen molar-refractivity contribution >= 4 is 23.4 Å². The molecule has 0 radical (unpaired) electrons. The third-order valence-electron chi connectivity index (χ3n) is 5.30. The lowest BCUT2D eigenvalue weighted by atomic mass is 10.2. The van der Waals surface area contributed by atoms with Gasteiger partial charge in [0.15, 0.2) is 5.96 Å². The normalized spacial score (nSPS) is 15.7. The molecule has 2 aromatic rings. The Morgan fingerprint density at radius 3 is 2.68 bits per heavy atom. The molecule has 2 heterocycles. The molecule has 1 aliphatic rings. The number of thioether (sulfide) groups is 1. The number of nitro groups is 1. The standard InChI is InChI=1S/C22H31N5O3S/c1-31-15-5-11-23-22(24-16-18-7-9-19(10-8-18)27(28)29)25-17-20(21-6-4-14-30-21)26-12-2-3-13-26/h4,6-10,14,20H,2-3,5,11-13,15-17H2,1H3,(H2,23,24,25). The van der Waals surface area contributed by atoms with Crippen LogP contribution in [0.5, 0.6) is 0 Å². The van der Waals surface area contributed by atoms with Crippen LogP contribution in [0.4, 0.5) is 5.69 Å². The molecule has 8 nitrogen and oxygen atoms in total. The molecule has 168 valence electrons. The number of furan rings is 1. The molecule has 1 aromatic carbocycles. The van der Waals surface area contributed by atoms with E-state index in [1.54, 1.807) is 18.4 Å². The molecule has 1 fully saturated rings. The first-order chi connectivity index (χ1) is 15.2. The van der Waals surface area contributed by atoms with Crippen molar-refractivity contribution in [2.45, 2.75) is 31.8 Å². The Balaban J connectivity index is 1.65. The van der Waals surface area contributed by atoms with Crippen LogP contribution in [-0.2, 0) is 6.54 Å². The number of guanidine groups is 1. The Morgan fingerprint density at radius 2 is 2.03 bits per heavy atom. The van der Waals surface area contributed by atoms with Crippen LogP contribution in [0.25, 0.3) is 0 Å². The number of aliphatic imine (C=N–C) groups is 1. The van der Waals surface area contributed by atoms with E-state index in [2.05, 4.69) is 21.8 Å². The summed E-state index contributed by atoms with van der Waals surface area (Å²) in [5.74, 6) is 2.80. The van der Waals surface area contributed by atoms with E-state index in [-0.39, 0.29) is 16.7 Å². The lowest BCUT2D eigenvalue weighted by Crippen LogP contribution is -2.43. The van der Waals surface area contributed by atoms with Crippen molar-refractivity contribution in [1.29, 1.82) is 0 Å². The SMILES string of the molecule is CSCCCNC(=NCc1ccc([N+](=O)[O-])cc1)NCC(c1ccco1)N1CCCC1. The fourth-order valence-corrected chi connectivity index (χ4v) is 4.06. The zero-order valence-corrected chi connectivity index (χ0v) is 18.8. The van der Waals surface area contributed by atoms with Crippen LogP contribution >= 0.6 is 11.8 Å². The van der Waals surface area contributed by atoms with E-state index < -0.39 is 0 Å². The van der Waals surface area contributed by atoms with Crippen molar-refractivity contribution in [3.8, 4) is 0 Å². The van der Waals surface area contributed by atoms with Crippen molar-refractivity contribution in [1.82, 2.24) is 15.5 Å². The first kappa shape index (κ1) is 23.1. The van der Waals surface area contributed by atoms with Crippen LogP contribution in [0.15, 0.2) is 52.1 Å². The number of benzene rings is 1. The monoisotopic (exact) mass is 445 g/mol. The van der Waals surface area contributed by atoms with Gasteiger partial charge in [0, 0.05) is 25.2 Å². The Labute approximate surface area is 187 Å². The summed E-state index contributed by atoms with van der Waals surface area (Å²) in [7, 11) is 0. The molecule has 1 saturated heterocycles. The van der Waals surface area contributed by atoms with Crippen LogP contribution in [0, 0.1) is 10.1 Å². The molecule has 0 aliphatic carbocycles. The van der Waals surface area contributed by atoms with Gasteiger partial charge in [-0.1, -0.05) is 12.1 Å². The maximum Gasteiger partial charge on any atom is 0.269 e. The summed E-state index contributed by atoms with van der Waals surface area (Å²) in [4.78, 5) is 17.6. The lowest BCUT2D eigenvalue weighted by Gasteiger charge is -2.26. The van der Waals surface area contributed by atoms with Gasteiger partial charge in [0.1, 0.15) is 5.76 Å². The van der Waals surface area contributed by atoms with Gasteiger partial charge in [0.25, 0.3) is 5.69 Å². The van der Waals surface area contributed by atoms with E-state index in [1.165, 1.54) is 25.0 Å². The Morgan fingerprint density at radius 1 is 1.26 bits per heavy atom. The third kappa shape index (κ3) is 7.29. The van der Waals surface area contributed by atoms with Gasteiger partial charge in [-0.15, -0.1) is 0 Å². The van der Waals surface area contributed by atoms with Crippen molar-refractivity contribution in [3.63, 3.8) is 0 Å². The molecule has 31 heavy (non-hydrogen) atoms. The fraction of sp³-hybridized carbons (Fsp3) is 0.500. The second-order valence-electron chi connectivity index (χ2n) is 7.52. The average Bonchev–Trinajstić information content (AvgIpc) is 3.50. The van der Waals surface area contributed by atoms with Crippen molar-refractivity contribution in [2.24, 2.45) is 4.99 Å². The lowest BCUT2D eigenvalue weighted by molar-refractivity contribution is -0.384. The summed E-state index contributed by atoms with van der Waals surface area (Å²) in [5, 5.41) is 17.7. The van der Waals surface area contributed by atoms with Gasteiger partial charge in [-0.25, -0.2) is 4.99 Å². The second-order valence-corrected chi connectivity index (χ2v) is 8.50. The Kier molecular flexibility index (Phi) is 9.23. The average molecular weight is 446 g/mol. The van der Waals surface area contributed by atoms with Gasteiger partial charge in [0.05, 0.1) is 23.8 Å². The van der Waals surface area contributed by atoms with Gasteiger partial charge in [-0.05, 0) is 62.1 Å². The van der Waals surface area contributed by atoms with E-state index in [9.17, 15) is 10.1 Å². The Bertz CT molecular complexity index is 820. The Hall–Kier alpha value is -2.52. The molecule has 1 aliphatic heterocycles. The van der Waals surface area contributed by atoms with Gasteiger partial charge >= 0.3 is 0 Å². The molecular weight excluding hydrogens is 414 g/mol. The molecule has 9 heteroatoms. The van der Waals surface area contributed by atoms with Crippen LogP contribution < -0.4 is 10.6 Å². The number of nitro benzene ring substituents is 1. The second kappa shape index (κ2) is 12.4. The third-order valence-corrected chi connectivity index (χ3v) is 6.00. The van der Waals surface area contributed by atoms with Crippen molar-refractivity contribution < 1.29 is 9.34 Å². The number of hydrogen-bond donors (Lipinski definition) is 2. The maximum absolute atomic E-state index is 10.8. The maximum atomic E-state index is 10.8. The van der Waals surface area contributed by atoms with Crippen LogP contribution in [0.1, 0.15) is 36.6 Å². The van der Waals surface area contributed by atoms with E-state index in [0.29, 0.717) is 13.1 Å². The molecule has 3 rings (SSSR count). The zero-order valence-electron chi connectivity index (χ0n) is 18.0. The van der Waals surface area contributed by atoms with Gasteiger partial charge in [0.2, 0.25) is 0 Å². The smallest absolute Gasteiger partial charge is 0.269 e. The van der Waals surface area contributed by atoms with Gasteiger partial charge in [-0.2, -0.15) is 11.8 Å². The summed E-state index contributed by atoms with van der Waals surface area (Å²) in [6, 6.07) is 10.7. The minimum Gasteiger partial charge on any atom is -0.468 e. The highest BCUT2D eigenvalue weighted by atomic mass is 32.2. The van der Waals surface area contributed by atoms with E-state index >= 15 is 0 Å². The molecule has 0 saturated carbocycles. The number of likely N-dealkylation sites (tertiary alicyclic amines) is 1. The summed E-state index contributed by atoms with van der Waals surface area (Å²) in [6.07, 6.45) is 7.30. The summed E-state index contributed by atoms with van der Waals surface area (Å²) < 4.78 is 5.71. The number of nitrogens with zero attached hydrogens (tertiary/aromatic N) is 3. The summed E-state index contributed by atoms with van der Waals surface area (Å²) >= 11 is 1.83. The van der Waals surface area contributed by atoms with Gasteiger partial charge < -0.3 is 15.1 Å². The first-order valence-electron chi connectivity index (χ1n) is 10.7. The summed E-state index contributed by atoms with van der Waals surface area (Å²) in [6.45, 7) is 4.13. The number of rotatable bonds is 11. The van der Waals surface area contributed by atoms with Crippen molar-refractivity contribution in [2.75, 3.05) is 38.2 Å². The zero-order chi connectivity index (χ0) is 21.9. The van der Waals surface area contributed by atoms with Crippen molar-refractivity contribution in [3.05, 3.63) is 64.1 Å². The highest BCUT2D eigenvalue weighted by Crippen LogP contribution is 2.24. The molecule has 2 N–H and O–H groups in total. The van der Waals surface area contributed by atoms with E-state index in [0.717, 1.165) is 49.1 Å². The molecule has 0 spiro atoms. The number of non-ortho nitro benzene ring substituents is 1. The highest BCUT2D eigenvalue weighted by molar-refractivity contribution is 7.98. The fourth-order valence-electron chi connectivity index (χ4n) is 3.63. The molecular formula is C22H31N5O3S. The quantitative estimate of drug-likeness (QED) is 0.178. The number of hydrogen-bond acceptors (Lipinski definition) is 6. The molecule has 1 atom stereocenters. The molecule has 0 amide bonds. The van der Waals surface area contributed by atoms with Crippen LogP contribution in [0.3, 0.4) is 0 Å². The van der Waals surface area contributed by atoms with E-state index in [4.69, 9.17) is 9.41 Å². The molecule has 1 unspecified atom stereocenters.